The maximum Gasteiger partial charge on any atom is 0.411 e. The van der Waals surface area contributed by atoms with E-state index in [1.807, 2.05) is 54.6 Å². The highest BCUT2D eigenvalue weighted by atomic mass is 16.6. The number of aliphatic carboxylic acids is 1. The SMILES string of the molecule is CC(C)(C)OC(=O)N1Cc2ccccc2CC1C(=O)NC(Cc1ccccc1)C(=O)O. The number of carbonyl (C=O) groups is 3. The molecule has 0 saturated heterocycles. The molecule has 0 bridgehead atoms. The Morgan fingerprint density at radius 1 is 1.06 bits per heavy atom. The lowest BCUT2D eigenvalue weighted by Gasteiger charge is -2.37. The minimum atomic E-state index is -1.13. The lowest BCUT2D eigenvalue weighted by Crippen LogP contribution is -2.56. The van der Waals surface area contributed by atoms with Gasteiger partial charge in [-0.2, -0.15) is 0 Å². The molecule has 1 heterocycles. The highest BCUT2D eigenvalue weighted by molar-refractivity contribution is 5.90. The molecule has 0 fully saturated rings. The number of rotatable bonds is 5. The van der Waals surface area contributed by atoms with E-state index in [0.29, 0.717) is 6.42 Å². The minimum Gasteiger partial charge on any atom is -0.480 e. The molecular formula is C24H28N2O5. The lowest BCUT2D eigenvalue weighted by atomic mass is 9.93. The average Bonchev–Trinajstić information content (AvgIpc) is 2.71. The molecule has 164 valence electrons. The highest BCUT2D eigenvalue weighted by Gasteiger charge is 2.38. The fourth-order valence-corrected chi connectivity index (χ4v) is 3.59. The standard InChI is InChI=1S/C24H28N2O5/c1-24(2,3)31-23(30)26-15-18-12-8-7-11-17(18)14-20(26)21(27)25-19(22(28)29)13-16-9-5-4-6-10-16/h4-12,19-20H,13-15H2,1-3H3,(H,25,27)(H,28,29). The molecule has 2 amide bonds. The van der Waals surface area contributed by atoms with Crippen LogP contribution in [0, 0.1) is 0 Å². The van der Waals surface area contributed by atoms with Crippen LogP contribution in [0.15, 0.2) is 54.6 Å². The Bertz CT molecular complexity index is 952. The summed E-state index contributed by atoms with van der Waals surface area (Å²) in [6.45, 7) is 5.51. The number of ether oxygens (including phenoxy) is 1. The molecular weight excluding hydrogens is 396 g/mol. The number of nitrogens with zero attached hydrogens (tertiary/aromatic N) is 1. The predicted molar refractivity (Wildman–Crippen MR) is 115 cm³/mol. The summed E-state index contributed by atoms with van der Waals surface area (Å²) in [7, 11) is 0. The number of hydrogen-bond acceptors (Lipinski definition) is 4. The van der Waals surface area contributed by atoms with E-state index in [9.17, 15) is 19.5 Å². The second kappa shape index (κ2) is 9.20. The summed E-state index contributed by atoms with van der Waals surface area (Å²) < 4.78 is 5.51. The number of hydrogen-bond donors (Lipinski definition) is 2. The van der Waals surface area contributed by atoms with Gasteiger partial charge in [0.2, 0.25) is 5.91 Å². The zero-order valence-corrected chi connectivity index (χ0v) is 18.0. The van der Waals surface area contributed by atoms with Gasteiger partial charge in [0, 0.05) is 12.8 Å². The quantitative estimate of drug-likeness (QED) is 0.769. The Balaban J connectivity index is 1.82. The summed E-state index contributed by atoms with van der Waals surface area (Å²) >= 11 is 0. The van der Waals surface area contributed by atoms with E-state index in [1.54, 1.807) is 20.8 Å². The van der Waals surface area contributed by atoms with Crippen molar-refractivity contribution in [2.45, 2.75) is 57.8 Å². The fourth-order valence-electron chi connectivity index (χ4n) is 3.59. The Kier molecular flexibility index (Phi) is 6.63. The molecule has 1 aliphatic rings. The van der Waals surface area contributed by atoms with Crippen molar-refractivity contribution in [3.63, 3.8) is 0 Å². The van der Waals surface area contributed by atoms with E-state index in [4.69, 9.17) is 4.74 Å². The van der Waals surface area contributed by atoms with E-state index in [2.05, 4.69) is 5.32 Å². The second-order valence-corrected chi connectivity index (χ2v) is 8.69. The zero-order chi connectivity index (χ0) is 22.6. The Labute approximate surface area is 182 Å². The predicted octanol–water partition coefficient (Wildman–Crippen LogP) is 3.16. The molecule has 2 atom stereocenters. The van der Waals surface area contributed by atoms with Gasteiger partial charge < -0.3 is 15.2 Å². The summed E-state index contributed by atoms with van der Waals surface area (Å²) in [5, 5.41) is 12.3. The molecule has 0 saturated carbocycles. The molecule has 0 radical (unpaired) electrons. The normalized spacial score (nSPS) is 16.7. The molecule has 7 nitrogen and oxygen atoms in total. The number of fused-ring (bicyclic) bond motifs is 1. The first-order valence-electron chi connectivity index (χ1n) is 10.3. The van der Waals surface area contributed by atoms with Gasteiger partial charge in [-0.05, 0) is 37.5 Å². The summed E-state index contributed by atoms with van der Waals surface area (Å²) in [5.41, 5.74) is 1.98. The van der Waals surface area contributed by atoms with Crippen LogP contribution in [0.1, 0.15) is 37.5 Å². The lowest BCUT2D eigenvalue weighted by molar-refractivity contribution is -0.142. The molecule has 2 aromatic carbocycles. The van der Waals surface area contributed by atoms with E-state index < -0.39 is 35.7 Å². The number of benzene rings is 2. The molecule has 3 rings (SSSR count). The Morgan fingerprint density at radius 2 is 1.68 bits per heavy atom. The Hall–Kier alpha value is -3.35. The number of amides is 2. The van der Waals surface area contributed by atoms with Crippen LogP contribution in [-0.4, -0.2) is 45.7 Å². The molecule has 2 aromatic rings. The van der Waals surface area contributed by atoms with Crippen molar-refractivity contribution in [2.75, 3.05) is 0 Å². The Morgan fingerprint density at radius 3 is 2.29 bits per heavy atom. The van der Waals surface area contributed by atoms with Crippen molar-refractivity contribution in [3.05, 3.63) is 71.3 Å². The van der Waals surface area contributed by atoms with Crippen LogP contribution >= 0.6 is 0 Å². The van der Waals surface area contributed by atoms with Crippen LogP contribution in [0.2, 0.25) is 0 Å². The van der Waals surface area contributed by atoms with Gasteiger partial charge in [-0.1, -0.05) is 54.6 Å². The first-order chi connectivity index (χ1) is 14.6. The topological polar surface area (TPSA) is 95.9 Å². The van der Waals surface area contributed by atoms with Gasteiger partial charge in [-0.3, -0.25) is 9.69 Å². The van der Waals surface area contributed by atoms with E-state index in [0.717, 1.165) is 16.7 Å². The molecule has 2 unspecified atom stereocenters. The first kappa shape index (κ1) is 22.3. The highest BCUT2D eigenvalue weighted by Crippen LogP contribution is 2.25. The van der Waals surface area contributed by atoms with Crippen LogP contribution in [0.5, 0.6) is 0 Å². The molecule has 7 heteroatoms. The average molecular weight is 424 g/mol. The smallest absolute Gasteiger partial charge is 0.411 e. The van der Waals surface area contributed by atoms with Gasteiger partial charge in [0.1, 0.15) is 17.7 Å². The molecule has 1 aliphatic heterocycles. The van der Waals surface area contributed by atoms with Crippen molar-refractivity contribution >= 4 is 18.0 Å². The van der Waals surface area contributed by atoms with Gasteiger partial charge >= 0.3 is 12.1 Å². The second-order valence-electron chi connectivity index (χ2n) is 8.69. The van der Waals surface area contributed by atoms with E-state index in [1.165, 1.54) is 4.90 Å². The maximum absolute atomic E-state index is 13.2. The van der Waals surface area contributed by atoms with Gasteiger partial charge in [0.15, 0.2) is 0 Å². The number of carboxylic acid groups (broad SMARTS) is 1. The minimum absolute atomic E-state index is 0.150. The third kappa shape index (κ3) is 5.84. The van der Waals surface area contributed by atoms with Crippen LogP contribution in [-0.2, 0) is 33.7 Å². The summed E-state index contributed by atoms with van der Waals surface area (Å²) in [6, 6.07) is 14.7. The van der Waals surface area contributed by atoms with Crippen LogP contribution < -0.4 is 5.32 Å². The molecule has 2 N–H and O–H groups in total. The summed E-state index contributed by atoms with van der Waals surface area (Å²) in [4.78, 5) is 39.2. The van der Waals surface area contributed by atoms with Crippen molar-refractivity contribution < 1.29 is 24.2 Å². The zero-order valence-electron chi connectivity index (χ0n) is 18.0. The van der Waals surface area contributed by atoms with Gasteiger partial charge in [-0.15, -0.1) is 0 Å². The third-order valence-corrected chi connectivity index (χ3v) is 5.08. The first-order valence-corrected chi connectivity index (χ1v) is 10.3. The molecule has 0 spiro atoms. The van der Waals surface area contributed by atoms with Crippen LogP contribution in [0.25, 0.3) is 0 Å². The molecule has 0 aliphatic carbocycles. The van der Waals surface area contributed by atoms with E-state index in [-0.39, 0.29) is 13.0 Å². The number of nitrogens with one attached hydrogen (secondary N) is 1. The van der Waals surface area contributed by atoms with Crippen molar-refractivity contribution in [1.82, 2.24) is 10.2 Å². The van der Waals surface area contributed by atoms with Crippen molar-refractivity contribution in [2.24, 2.45) is 0 Å². The van der Waals surface area contributed by atoms with Crippen LogP contribution in [0.4, 0.5) is 4.79 Å². The summed E-state index contributed by atoms with van der Waals surface area (Å²) in [5.74, 6) is -1.64. The van der Waals surface area contributed by atoms with Gasteiger partial charge in [-0.25, -0.2) is 9.59 Å². The van der Waals surface area contributed by atoms with Crippen LogP contribution in [0.3, 0.4) is 0 Å². The monoisotopic (exact) mass is 424 g/mol. The van der Waals surface area contributed by atoms with Crippen molar-refractivity contribution in [3.8, 4) is 0 Å². The van der Waals surface area contributed by atoms with Gasteiger partial charge in [0.05, 0.1) is 6.54 Å². The number of carboxylic acids is 1. The molecule has 31 heavy (non-hydrogen) atoms. The summed E-state index contributed by atoms with van der Waals surface area (Å²) in [6.07, 6.45) is -0.159. The largest absolute Gasteiger partial charge is 0.480 e. The maximum atomic E-state index is 13.2. The van der Waals surface area contributed by atoms with Gasteiger partial charge in [0.25, 0.3) is 0 Å². The van der Waals surface area contributed by atoms with E-state index >= 15 is 0 Å². The van der Waals surface area contributed by atoms with Crippen molar-refractivity contribution in [1.29, 1.82) is 0 Å². The molecule has 0 aromatic heterocycles. The number of carbonyl (C=O) groups excluding carboxylic acids is 2. The fraction of sp³-hybridized carbons (Fsp3) is 0.375. The third-order valence-electron chi connectivity index (χ3n) is 5.08.